The van der Waals surface area contributed by atoms with Crippen molar-refractivity contribution < 1.29 is 23.5 Å². The highest BCUT2D eigenvalue weighted by molar-refractivity contribution is 6.05. The van der Waals surface area contributed by atoms with Crippen molar-refractivity contribution in [1.29, 1.82) is 0 Å². The zero-order valence-corrected chi connectivity index (χ0v) is 20.3. The molecule has 3 aliphatic heterocycles. The molecule has 4 aromatic rings. The summed E-state index contributed by atoms with van der Waals surface area (Å²) in [5.41, 5.74) is 3.40. The molecule has 0 radical (unpaired) electrons. The van der Waals surface area contributed by atoms with Gasteiger partial charge in [0.25, 0.3) is 11.9 Å². The molecule has 3 unspecified atom stereocenters. The number of nitrogens with one attached hydrogen (secondary N) is 1. The first-order chi connectivity index (χ1) is 18.0. The van der Waals surface area contributed by atoms with Gasteiger partial charge in [-0.1, -0.05) is 17.7 Å². The van der Waals surface area contributed by atoms with Crippen molar-refractivity contribution in [3.05, 3.63) is 47.9 Å². The normalized spacial score (nSPS) is 22.9. The molecule has 3 atom stereocenters. The number of rotatable bonds is 5. The number of anilines is 3. The molecule has 7 rings (SSSR count). The molecule has 1 aromatic carbocycles. The van der Waals surface area contributed by atoms with Crippen LogP contribution in [0.4, 0.5) is 17.5 Å². The summed E-state index contributed by atoms with van der Waals surface area (Å²) in [5.74, 6) is 0.471. The Hall–Kier alpha value is -3.96. The van der Waals surface area contributed by atoms with Crippen LogP contribution in [-0.4, -0.2) is 70.5 Å². The highest BCUT2D eigenvalue weighted by atomic mass is 16.5. The number of aliphatic hydroxyl groups excluding tert-OH is 1. The van der Waals surface area contributed by atoms with Crippen molar-refractivity contribution in [2.45, 2.75) is 38.0 Å². The van der Waals surface area contributed by atoms with Crippen LogP contribution in [0.25, 0.3) is 22.7 Å². The number of ether oxygens (including phenoxy) is 1. The van der Waals surface area contributed by atoms with Crippen molar-refractivity contribution in [2.75, 3.05) is 41.4 Å². The number of fused-ring (bicyclic) bond motifs is 3. The summed E-state index contributed by atoms with van der Waals surface area (Å²) in [6, 6.07) is 10.2. The van der Waals surface area contributed by atoms with Gasteiger partial charge in [-0.3, -0.25) is 4.79 Å². The molecule has 3 aliphatic rings. The second-order valence-electron chi connectivity index (χ2n) is 9.92. The summed E-state index contributed by atoms with van der Waals surface area (Å²) < 4.78 is 17.4. The predicted molar refractivity (Wildman–Crippen MR) is 135 cm³/mol. The number of hydrogen-bond donors (Lipinski definition) is 2. The monoisotopic (exact) mass is 502 g/mol. The summed E-state index contributed by atoms with van der Waals surface area (Å²) in [5, 5.41) is 13.1. The van der Waals surface area contributed by atoms with Crippen molar-refractivity contribution in [1.82, 2.24) is 15.0 Å². The van der Waals surface area contributed by atoms with E-state index in [1.54, 1.807) is 6.07 Å². The van der Waals surface area contributed by atoms with E-state index in [1.165, 1.54) is 6.26 Å². The number of aromatic nitrogens is 3. The number of aryl methyl sites for hydroxylation is 1. The number of β-amino-alcohol motifs (C(OH)–C–C–N with tert-alkyl or cyclic N) is 1. The fourth-order valence-corrected chi connectivity index (χ4v) is 5.34. The van der Waals surface area contributed by atoms with Gasteiger partial charge in [0.2, 0.25) is 11.5 Å². The number of hydrogen-bond acceptors (Lipinski definition) is 10. The average Bonchev–Trinajstić information content (AvgIpc) is 3.71. The summed E-state index contributed by atoms with van der Waals surface area (Å²) in [7, 11) is 0. The van der Waals surface area contributed by atoms with E-state index < -0.39 is 12.0 Å². The van der Waals surface area contributed by atoms with Gasteiger partial charge in [-0.2, -0.15) is 4.98 Å². The van der Waals surface area contributed by atoms with Crippen molar-refractivity contribution in [3.63, 3.8) is 0 Å². The number of benzene rings is 1. The number of aliphatic hydroxyl groups is 1. The Bertz CT molecular complexity index is 1500. The van der Waals surface area contributed by atoms with Gasteiger partial charge in [-0.25, -0.2) is 9.97 Å². The van der Waals surface area contributed by atoms with Gasteiger partial charge in [0.1, 0.15) is 6.26 Å². The van der Waals surface area contributed by atoms with Crippen molar-refractivity contribution >= 4 is 34.7 Å². The maximum absolute atomic E-state index is 13.2. The Morgan fingerprint density at radius 1 is 1.19 bits per heavy atom. The first kappa shape index (κ1) is 22.3. The summed E-state index contributed by atoms with van der Waals surface area (Å²) in [6.07, 6.45) is 2.68. The lowest BCUT2D eigenvalue weighted by Crippen LogP contribution is -2.37. The second-order valence-corrected chi connectivity index (χ2v) is 9.92. The Morgan fingerprint density at radius 2 is 2.11 bits per heavy atom. The lowest BCUT2D eigenvalue weighted by Gasteiger charge is -2.24. The van der Waals surface area contributed by atoms with E-state index in [2.05, 4.69) is 20.2 Å². The van der Waals surface area contributed by atoms with Gasteiger partial charge >= 0.3 is 0 Å². The third-order valence-electron chi connectivity index (χ3n) is 7.21. The molecule has 3 fully saturated rings. The Kier molecular flexibility index (Phi) is 5.15. The third-order valence-corrected chi connectivity index (χ3v) is 7.21. The molecule has 0 spiro atoms. The predicted octanol–water partition coefficient (Wildman–Crippen LogP) is 2.99. The molecule has 6 heterocycles. The minimum absolute atomic E-state index is 0.148. The number of carbonyl (C=O) groups excluding carboxylic acids is 1. The molecule has 3 aromatic heterocycles. The first-order valence-corrected chi connectivity index (χ1v) is 12.5. The van der Waals surface area contributed by atoms with E-state index in [9.17, 15) is 9.90 Å². The number of oxazole rings is 2. The van der Waals surface area contributed by atoms with Crippen LogP contribution in [0.3, 0.4) is 0 Å². The van der Waals surface area contributed by atoms with E-state index in [1.807, 2.05) is 36.1 Å². The van der Waals surface area contributed by atoms with Gasteiger partial charge in [0, 0.05) is 31.3 Å². The number of amides is 1. The zero-order chi connectivity index (χ0) is 25.1. The van der Waals surface area contributed by atoms with Crippen LogP contribution in [0.5, 0.6) is 0 Å². The molecular weight excluding hydrogens is 476 g/mol. The maximum Gasteiger partial charge on any atom is 0.300 e. The van der Waals surface area contributed by atoms with Crippen LogP contribution >= 0.6 is 0 Å². The smallest absolute Gasteiger partial charge is 0.300 e. The van der Waals surface area contributed by atoms with Crippen LogP contribution in [0.15, 0.2) is 45.4 Å². The van der Waals surface area contributed by atoms with Crippen LogP contribution in [0.2, 0.25) is 0 Å². The van der Waals surface area contributed by atoms with Crippen LogP contribution in [0.1, 0.15) is 28.9 Å². The first-order valence-electron chi connectivity index (χ1n) is 12.5. The van der Waals surface area contributed by atoms with Crippen molar-refractivity contribution in [3.8, 4) is 11.5 Å². The van der Waals surface area contributed by atoms with Crippen LogP contribution in [-0.2, 0) is 4.74 Å². The lowest BCUT2D eigenvalue weighted by molar-refractivity contribution is 0.0975. The third kappa shape index (κ3) is 4.00. The fraction of sp³-hybridized carbons (Fsp3) is 0.385. The molecule has 2 N–H and O–H groups in total. The summed E-state index contributed by atoms with van der Waals surface area (Å²) in [6.45, 7) is 4.42. The molecule has 3 saturated heterocycles. The molecule has 37 heavy (non-hydrogen) atoms. The Labute approximate surface area is 212 Å². The fourth-order valence-electron chi connectivity index (χ4n) is 5.34. The molecular formula is C26H26N6O5. The summed E-state index contributed by atoms with van der Waals surface area (Å²) in [4.78, 5) is 31.1. The summed E-state index contributed by atoms with van der Waals surface area (Å²) >= 11 is 0. The second kappa shape index (κ2) is 8.56. The van der Waals surface area contributed by atoms with Gasteiger partial charge in [-0.05, 0) is 31.9 Å². The maximum atomic E-state index is 13.2. The zero-order valence-electron chi connectivity index (χ0n) is 20.3. The van der Waals surface area contributed by atoms with E-state index in [0.29, 0.717) is 60.8 Å². The van der Waals surface area contributed by atoms with Crippen LogP contribution < -0.4 is 15.1 Å². The van der Waals surface area contributed by atoms with E-state index >= 15 is 0 Å². The van der Waals surface area contributed by atoms with Gasteiger partial charge in [0.15, 0.2) is 17.1 Å². The number of carbonyl (C=O) groups is 1. The lowest BCUT2D eigenvalue weighted by atomic mass is 10.1. The van der Waals surface area contributed by atoms with E-state index in [-0.39, 0.29) is 17.8 Å². The minimum atomic E-state index is -0.457. The van der Waals surface area contributed by atoms with E-state index in [4.69, 9.17) is 18.6 Å². The van der Waals surface area contributed by atoms with Gasteiger partial charge in [-0.15, -0.1) is 0 Å². The van der Waals surface area contributed by atoms with Crippen LogP contribution in [0, 0.1) is 6.92 Å². The molecule has 11 heteroatoms. The van der Waals surface area contributed by atoms with Gasteiger partial charge in [0.05, 0.1) is 30.5 Å². The Morgan fingerprint density at radius 3 is 2.86 bits per heavy atom. The number of morpholine rings is 1. The minimum Gasteiger partial charge on any atom is -0.444 e. The standard InChI is InChI=1S/C26H26N6O5/c1-14-3-2-4-15(7-14)25-28-20(13-36-25)24(34)27-19-9-21-22(29-23(19)31-6-5-17(33)10-31)30-26(37-21)32-11-18-8-16(32)12-35-18/h2-4,7,9,13,16-18,33H,5-6,8,10-12H2,1H3,(H,27,34). The molecule has 11 nitrogen and oxygen atoms in total. The van der Waals surface area contributed by atoms with Crippen molar-refractivity contribution in [2.24, 2.45) is 0 Å². The molecule has 0 aliphatic carbocycles. The number of pyridine rings is 1. The highest BCUT2D eigenvalue weighted by Crippen LogP contribution is 2.36. The topological polar surface area (TPSA) is 130 Å². The molecule has 0 saturated carbocycles. The van der Waals surface area contributed by atoms with E-state index in [0.717, 1.165) is 24.1 Å². The largest absolute Gasteiger partial charge is 0.444 e. The SMILES string of the molecule is Cc1cccc(-c2nc(C(=O)Nc3cc4oc(N5CC6CC5CO6)nc4nc3N3CCC(O)C3)co2)c1. The molecule has 190 valence electrons. The van der Waals surface area contributed by atoms with Gasteiger partial charge < -0.3 is 33.8 Å². The molecule has 2 bridgehead atoms. The quantitative estimate of drug-likeness (QED) is 0.420. The highest BCUT2D eigenvalue weighted by Gasteiger charge is 2.41. The average molecular weight is 503 g/mol. The Balaban J connectivity index is 1.21. The molecule has 1 amide bonds. The number of nitrogens with zero attached hydrogens (tertiary/aromatic N) is 5.